The van der Waals surface area contributed by atoms with E-state index in [-0.39, 0.29) is 6.10 Å². The lowest BCUT2D eigenvalue weighted by atomic mass is 10.1. The Kier molecular flexibility index (Phi) is 5.40. The van der Waals surface area contributed by atoms with Crippen LogP contribution in [0.4, 0.5) is 0 Å². The summed E-state index contributed by atoms with van der Waals surface area (Å²) in [6.45, 7) is 4.24. The molecular formula is C14H25N5O. The van der Waals surface area contributed by atoms with Crippen LogP contribution in [0.3, 0.4) is 0 Å². The van der Waals surface area contributed by atoms with Gasteiger partial charge in [-0.05, 0) is 25.8 Å². The molecule has 1 heterocycles. The number of aliphatic hydroxyl groups excluding tert-OH is 1. The van der Waals surface area contributed by atoms with Gasteiger partial charge in [-0.1, -0.05) is 6.42 Å². The molecule has 0 radical (unpaired) electrons. The van der Waals surface area contributed by atoms with Crippen LogP contribution in [0.5, 0.6) is 0 Å². The number of rotatable bonds is 5. The minimum Gasteiger partial charge on any atom is -0.393 e. The molecule has 0 aliphatic heterocycles. The number of nitrogens with one attached hydrogen (secondary N) is 2. The Morgan fingerprint density at radius 1 is 1.50 bits per heavy atom. The van der Waals surface area contributed by atoms with Crippen LogP contribution >= 0.6 is 0 Å². The summed E-state index contributed by atoms with van der Waals surface area (Å²) in [5.41, 5.74) is 1.07. The third kappa shape index (κ3) is 3.96. The molecule has 1 fully saturated rings. The fraction of sp³-hybridized carbons (Fsp3) is 0.714. The largest absolute Gasteiger partial charge is 0.393 e. The average Bonchev–Trinajstić information content (AvgIpc) is 3.02. The number of guanidine groups is 1. The van der Waals surface area contributed by atoms with Crippen molar-refractivity contribution in [3.05, 3.63) is 18.0 Å². The van der Waals surface area contributed by atoms with E-state index in [1.807, 2.05) is 24.7 Å². The summed E-state index contributed by atoms with van der Waals surface area (Å²) < 4.78 is 1.83. The summed E-state index contributed by atoms with van der Waals surface area (Å²) in [6.07, 6.45) is 4.75. The van der Waals surface area contributed by atoms with E-state index in [1.165, 1.54) is 0 Å². The molecule has 20 heavy (non-hydrogen) atoms. The highest BCUT2D eigenvalue weighted by Crippen LogP contribution is 2.24. The molecule has 2 rings (SSSR count). The molecule has 2 unspecified atom stereocenters. The lowest BCUT2D eigenvalue weighted by Gasteiger charge is -2.17. The van der Waals surface area contributed by atoms with Crippen LogP contribution in [0, 0.1) is 5.92 Å². The standard InChI is InChI=1S/C14H25N5O/c1-3-15-14(16-9-11-5-4-6-13(11)20)17-10-12-7-8-18-19(12)2/h7-8,11,13,20H,3-6,9-10H2,1-2H3,(H2,15,16,17). The first kappa shape index (κ1) is 14.8. The van der Waals surface area contributed by atoms with E-state index in [4.69, 9.17) is 0 Å². The van der Waals surface area contributed by atoms with Crippen LogP contribution in [-0.2, 0) is 13.6 Å². The maximum Gasteiger partial charge on any atom is 0.191 e. The molecule has 1 aliphatic rings. The van der Waals surface area contributed by atoms with Gasteiger partial charge >= 0.3 is 0 Å². The van der Waals surface area contributed by atoms with Gasteiger partial charge in [0, 0.05) is 32.3 Å². The van der Waals surface area contributed by atoms with Crippen molar-refractivity contribution in [1.82, 2.24) is 20.4 Å². The summed E-state index contributed by atoms with van der Waals surface area (Å²) in [4.78, 5) is 4.55. The maximum absolute atomic E-state index is 9.84. The van der Waals surface area contributed by atoms with Gasteiger partial charge in [0.2, 0.25) is 0 Å². The van der Waals surface area contributed by atoms with E-state index < -0.39 is 0 Å². The predicted octanol–water partition coefficient (Wildman–Crippen LogP) is 0.636. The van der Waals surface area contributed by atoms with Crippen molar-refractivity contribution in [2.75, 3.05) is 13.1 Å². The van der Waals surface area contributed by atoms with E-state index >= 15 is 0 Å². The van der Waals surface area contributed by atoms with Gasteiger partial charge in [-0.25, -0.2) is 4.99 Å². The predicted molar refractivity (Wildman–Crippen MR) is 79.4 cm³/mol. The molecule has 2 atom stereocenters. The van der Waals surface area contributed by atoms with Gasteiger partial charge in [0.1, 0.15) is 0 Å². The minimum absolute atomic E-state index is 0.164. The van der Waals surface area contributed by atoms with Crippen molar-refractivity contribution >= 4 is 5.96 Å². The highest BCUT2D eigenvalue weighted by Gasteiger charge is 2.24. The maximum atomic E-state index is 9.84. The van der Waals surface area contributed by atoms with Crippen molar-refractivity contribution in [1.29, 1.82) is 0 Å². The zero-order valence-corrected chi connectivity index (χ0v) is 12.3. The van der Waals surface area contributed by atoms with Crippen molar-refractivity contribution < 1.29 is 5.11 Å². The van der Waals surface area contributed by atoms with E-state index in [9.17, 15) is 5.11 Å². The van der Waals surface area contributed by atoms with E-state index in [0.717, 1.165) is 44.0 Å². The highest BCUT2D eigenvalue weighted by molar-refractivity contribution is 5.79. The first-order valence-corrected chi connectivity index (χ1v) is 7.37. The van der Waals surface area contributed by atoms with Gasteiger partial charge in [0.05, 0.1) is 18.3 Å². The Labute approximate surface area is 120 Å². The van der Waals surface area contributed by atoms with Crippen molar-refractivity contribution in [2.24, 2.45) is 18.0 Å². The molecule has 112 valence electrons. The van der Waals surface area contributed by atoms with Gasteiger partial charge in [-0.3, -0.25) is 4.68 Å². The molecule has 0 spiro atoms. The molecule has 0 amide bonds. The molecule has 6 nitrogen and oxygen atoms in total. The van der Waals surface area contributed by atoms with Crippen LogP contribution in [0.1, 0.15) is 31.9 Å². The Morgan fingerprint density at radius 2 is 2.35 bits per heavy atom. The second-order valence-electron chi connectivity index (χ2n) is 5.28. The second-order valence-corrected chi connectivity index (χ2v) is 5.28. The molecule has 3 N–H and O–H groups in total. The molecule has 1 aliphatic carbocycles. The molecule has 1 aromatic rings. The summed E-state index contributed by atoms with van der Waals surface area (Å²) in [5, 5.41) is 20.5. The first-order chi connectivity index (χ1) is 9.70. The van der Waals surface area contributed by atoms with Gasteiger partial charge in [-0.2, -0.15) is 5.10 Å². The molecular weight excluding hydrogens is 254 g/mol. The number of hydrogen-bond acceptors (Lipinski definition) is 3. The summed E-state index contributed by atoms with van der Waals surface area (Å²) in [6, 6.07) is 1.97. The summed E-state index contributed by atoms with van der Waals surface area (Å²) >= 11 is 0. The van der Waals surface area contributed by atoms with Gasteiger partial charge < -0.3 is 15.7 Å². The van der Waals surface area contributed by atoms with Crippen LogP contribution in [0.2, 0.25) is 0 Å². The number of hydrogen-bond donors (Lipinski definition) is 3. The molecule has 0 aromatic carbocycles. The normalized spacial score (nSPS) is 23.1. The van der Waals surface area contributed by atoms with Crippen LogP contribution in [0.25, 0.3) is 0 Å². The molecule has 6 heteroatoms. The molecule has 0 saturated heterocycles. The zero-order valence-electron chi connectivity index (χ0n) is 12.3. The molecule has 1 saturated carbocycles. The monoisotopic (exact) mass is 279 g/mol. The third-order valence-electron chi connectivity index (χ3n) is 3.82. The quantitative estimate of drug-likeness (QED) is 0.546. The van der Waals surface area contributed by atoms with Crippen molar-refractivity contribution in [2.45, 2.75) is 38.8 Å². The molecule has 0 bridgehead atoms. The average molecular weight is 279 g/mol. The Balaban J connectivity index is 1.87. The van der Waals surface area contributed by atoms with Crippen LogP contribution in [0.15, 0.2) is 17.3 Å². The minimum atomic E-state index is -0.164. The zero-order chi connectivity index (χ0) is 14.4. The summed E-state index contributed by atoms with van der Waals surface area (Å²) in [5.74, 6) is 1.14. The van der Waals surface area contributed by atoms with E-state index in [0.29, 0.717) is 12.5 Å². The second kappa shape index (κ2) is 7.28. The smallest absolute Gasteiger partial charge is 0.191 e. The fourth-order valence-electron chi connectivity index (χ4n) is 2.54. The Hall–Kier alpha value is -1.56. The van der Waals surface area contributed by atoms with Crippen LogP contribution < -0.4 is 10.6 Å². The van der Waals surface area contributed by atoms with E-state index in [2.05, 4.69) is 20.7 Å². The van der Waals surface area contributed by atoms with Crippen molar-refractivity contribution in [3.8, 4) is 0 Å². The number of nitrogens with zero attached hydrogens (tertiary/aromatic N) is 3. The number of aliphatic hydroxyl groups is 1. The van der Waals surface area contributed by atoms with Crippen molar-refractivity contribution in [3.63, 3.8) is 0 Å². The summed E-state index contributed by atoms with van der Waals surface area (Å²) in [7, 11) is 1.92. The topological polar surface area (TPSA) is 74.5 Å². The highest BCUT2D eigenvalue weighted by atomic mass is 16.3. The third-order valence-corrected chi connectivity index (χ3v) is 3.82. The SMILES string of the molecule is CCNC(=NCc1ccnn1C)NCC1CCCC1O. The van der Waals surface area contributed by atoms with Gasteiger partial charge in [0.25, 0.3) is 0 Å². The first-order valence-electron chi connectivity index (χ1n) is 7.37. The Morgan fingerprint density at radius 3 is 2.95 bits per heavy atom. The lowest BCUT2D eigenvalue weighted by molar-refractivity contribution is 0.134. The van der Waals surface area contributed by atoms with Gasteiger partial charge in [0.15, 0.2) is 5.96 Å². The number of aromatic nitrogens is 2. The van der Waals surface area contributed by atoms with Crippen LogP contribution in [-0.4, -0.2) is 40.0 Å². The van der Waals surface area contributed by atoms with Gasteiger partial charge in [-0.15, -0.1) is 0 Å². The number of aliphatic imine (C=N–C) groups is 1. The Bertz CT molecular complexity index is 443. The lowest BCUT2D eigenvalue weighted by Crippen LogP contribution is -2.41. The fourth-order valence-corrected chi connectivity index (χ4v) is 2.54. The number of aryl methyl sites for hydroxylation is 1. The molecule has 1 aromatic heterocycles. The van der Waals surface area contributed by atoms with E-state index in [1.54, 1.807) is 6.20 Å².